The minimum absolute atomic E-state index is 0.366. The Morgan fingerprint density at radius 1 is 1.29 bits per heavy atom. The summed E-state index contributed by atoms with van der Waals surface area (Å²) in [5, 5.41) is 0. The standard InChI is InChI=1S/C12H16N2O3/c1-15-11-6-9(2-3-10(11)13)14-7-12(8-14)16-4-5-17-12/h2-3,6H,4-5,7-8,13H2,1H3. The van der Waals surface area contributed by atoms with Gasteiger partial charge in [-0.1, -0.05) is 0 Å². The van der Waals surface area contributed by atoms with E-state index in [9.17, 15) is 0 Å². The van der Waals surface area contributed by atoms with E-state index in [2.05, 4.69) is 4.90 Å². The summed E-state index contributed by atoms with van der Waals surface area (Å²) in [5.41, 5.74) is 7.52. The Labute approximate surface area is 100 Å². The minimum Gasteiger partial charge on any atom is -0.495 e. The van der Waals surface area contributed by atoms with Crippen LogP contribution in [0.15, 0.2) is 18.2 Å². The number of hydrogen-bond acceptors (Lipinski definition) is 5. The summed E-state index contributed by atoms with van der Waals surface area (Å²) >= 11 is 0. The lowest BCUT2D eigenvalue weighted by atomic mass is 10.1. The second kappa shape index (κ2) is 3.78. The van der Waals surface area contributed by atoms with Crippen LogP contribution in [0, 0.1) is 0 Å². The zero-order valence-corrected chi connectivity index (χ0v) is 9.81. The number of ether oxygens (including phenoxy) is 3. The molecule has 0 amide bonds. The maximum atomic E-state index is 5.78. The van der Waals surface area contributed by atoms with Crippen molar-refractivity contribution in [3.63, 3.8) is 0 Å². The first-order valence-corrected chi connectivity index (χ1v) is 5.69. The van der Waals surface area contributed by atoms with Crippen molar-refractivity contribution in [3.8, 4) is 5.75 Å². The Bertz CT molecular complexity index is 422. The molecule has 0 radical (unpaired) electrons. The Kier molecular flexibility index (Phi) is 2.38. The maximum absolute atomic E-state index is 5.78. The Balaban J connectivity index is 1.74. The molecule has 1 spiro atoms. The fourth-order valence-corrected chi connectivity index (χ4v) is 2.29. The molecular weight excluding hydrogens is 220 g/mol. The normalized spacial score (nSPS) is 21.6. The topological polar surface area (TPSA) is 57.0 Å². The quantitative estimate of drug-likeness (QED) is 0.771. The molecule has 0 saturated carbocycles. The van der Waals surface area contributed by atoms with Crippen molar-refractivity contribution >= 4 is 11.4 Å². The number of methoxy groups -OCH3 is 1. The Morgan fingerprint density at radius 2 is 2.00 bits per heavy atom. The fraction of sp³-hybridized carbons (Fsp3) is 0.500. The Morgan fingerprint density at radius 3 is 2.65 bits per heavy atom. The van der Waals surface area contributed by atoms with E-state index in [1.807, 2.05) is 18.2 Å². The molecular formula is C12H16N2O3. The lowest BCUT2D eigenvalue weighted by Gasteiger charge is -2.47. The number of nitrogens with two attached hydrogens (primary N) is 1. The highest BCUT2D eigenvalue weighted by Crippen LogP contribution is 2.36. The molecule has 17 heavy (non-hydrogen) atoms. The van der Waals surface area contributed by atoms with Crippen molar-refractivity contribution in [2.24, 2.45) is 0 Å². The van der Waals surface area contributed by atoms with Crippen molar-refractivity contribution in [1.29, 1.82) is 0 Å². The highest BCUT2D eigenvalue weighted by Gasteiger charge is 2.48. The van der Waals surface area contributed by atoms with Gasteiger partial charge in [-0.05, 0) is 12.1 Å². The highest BCUT2D eigenvalue weighted by molar-refractivity contribution is 5.63. The molecule has 1 aromatic carbocycles. The number of benzene rings is 1. The molecule has 1 aromatic rings. The van der Waals surface area contributed by atoms with Crippen LogP contribution in [-0.2, 0) is 9.47 Å². The van der Waals surface area contributed by atoms with Gasteiger partial charge in [-0.25, -0.2) is 0 Å². The van der Waals surface area contributed by atoms with Crippen LogP contribution >= 0.6 is 0 Å². The van der Waals surface area contributed by atoms with Gasteiger partial charge in [0.2, 0.25) is 5.79 Å². The van der Waals surface area contributed by atoms with E-state index >= 15 is 0 Å². The van der Waals surface area contributed by atoms with Gasteiger partial charge in [0.05, 0.1) is 39.1 Å². The molecule has 0 atom stereocenters. The summed E-state index contributed by atoms with van der Waals surface area (Å²) in [4.78, 5) is 2.19. The summed E-state index contributed by atoms with van der Waals surface area (Å²) in [6.45, 7) is 2.91. The highest BCUT2D eigenvalue weighted by atomic mass is 16.7. The third-order valence-electron chi connectivity index (χ3n) is 3.26. The molecule has 0 unspecified atom stereocenters. The number of hydrogen-bond donors (Lipinski definition) is 1. The van der Waals surface area contributed by atoms with E-state index in [0.717, 1.165) is 18.8 Å². The molecule has 3 rings (SSSR count). The van der Waals surface area contributed by atoms with Gasteiger partial charge in [-0.3, -0.25) is 0 Å². The first-order valence-electron chi connectivity index (χ1n) is 5.69. The second-order valence-corrected chi connectivity index (χ2v) is 4.39. The monoisotopic (exact) mass is 236 g/mol. The molecule has 2 saturated heterocycles. The zero-order valence-electron chi connectivity index (χ0n) is 9.81. The number of nitrogens with zero attached hydrogens (tertiary/aromatic N) is 1. The Hall–Kier alpha value is -1.46. The number of rotatable bonds is 2. The van der Waals surface area contributed by atoms with E-state index in [1.54, 1.807) is 7.11 Å². The average Bonchev–Trinajstić information content (AvgIpc) is 2.77. The fourth-order valence-electron chi connectivity index (χ4n) is 2.29. The van der Waals surface area contributed by atoms with Crippen LogP contribution in [0.4, 0.5) is 11.4 Å². The lowest BCUT2D eigenvalue weighted by molar-refractivity contribution is -0.172. The molecule has 0 bridgehead atoms. The van der Waals surface area contributed by atoms with E-state index in [4.69, 9.17) is 19.9 Å². The third-order valence-corrected chi connectivity index (χ3v) is 3.26. The smallest absolute Gasteiger partial charge is 0.204 e. The number of nitrogen functional groups attached to an aromatic ring is 1. The van der Waals surface area contributed by atoms with Crippen molar-refractivity contribution in [1.82, 2.24) is 0 Å². The summed E-state index contributed by atoms with van der Waals surface area (Å²) in [5.74, 6) is 0.339. The van der Waals surface area contributed by atoms with Gasteiger partial charge in [-0.15, -0.1) is 0 Å². The van der Waals surface area contributed by atoms with Crippen LogP contribution in [0.2, 0.25) is 0 Å². The SMILES string of the molecule is COc1cc(N2CC3(C2)OCCO3)ccc1N. The van der Waals surface area contributed by atoms with Crippen LogP contribution in [0.5, 0.6) is 5.75 Å². The molecule has 5 nitrogen and oxygen atoms in total. The molecule has 2 aliphatic rings. The molecule has 5 heteroatoms. The lowest BCUT2D eigenvalue weighted by Crippen LogP contribution is -2.62. The molecule has 92 valence electrons. The summed E-state index contributed by atoms with van der Waals surface area (Å²) in [6.07, 6.45) is 0. The molecule has 2 heterocycles. The predicted octanol–water partition coefficient (Wildman–Crippen LogP) is 0.841. The maximum Gasteiger partial charge on any atom is 0.204 e. The molecule has 2 N–H and O–H groups in total. The molecule has 0 aromatic heterocycles. The van der Waals surface area contributed by atoms with Crippen LogP contribution in [0.25, 0.3) is 0 Å². The van der Waals surface area contributed by atoms with Crippen molar-refractivity contribution in [2.45, 2.75) is 5.79 Å². The van der Waals surface area contributed by atoms with Gasteiger partial charge < -0.3 is 24.8 Å². The second-order valence-electron chi connectivity index (χ2n) is 4.39. The van der Waals surface area contributed by atoms with Crippen molar-refractivity contribution in [3.05, 3.63) is 18.2 Å². The predicted molar refractivity (Wildman–Crippen MR) is 64.3 cm³/mol. The largest absolute Gasteiger partial charge is 0.495 e. The van der Waals surface area contributed by atoms with E-state index in [1.165, 1.54) is 0 Å². The molecule has 2 aliphatic heterocycles. The van der Waals surface area contributed by atoms with Gasteiger partial charge >= 0.3 is 0 Å². The van der Waals surface area contributed by atoms with Gasteiger partial charge in [0.15, 0.2) is 0 Å². The third kappa shape index (κ3) is 1.71. The summed E-state index contributed by atoms with van der Waals surface area (Å²) in [7, 11) is 1.62. The summed E-state index contributed by atoms with van der Waals surface area (Å²) < 4.78 is 16.4. The van der Waals surface area contributed by atoms with Gasteiger partial charge in [0.1, 0.15) is 5.75 Å². The van der Waals surface area contributed by atoms with E-state index in [-0.39, 0.29) is 5.79 Å². The van der Waals surface area contributed by atoms with Crippen molar-refractivity contribution in [2.75, 3.05) is 44.0 Å². The van der Waals surface area contributed by atoms with Crippen LogP contribution in [-0.4, -0.2) is 39.2 Å². The zero-order chi connectivity index (χ0) is 11.9. The minimum atomic E-state index is -0.366. The van der Waals surface area contributed by atoms with E-state index in [0.29, 0.717) is 24.7 Å². The number of anilines is 2. The van der Waals surface area contributed by atoms with Gasteiger partial charge in [-0.2, -0.15) is 0 Å². The van der Waals surface area contributed by atoms with Crippen LogP contribution in [0.1, 0.15) is 0 Å². The molecule has 0 aliphatic carbocycles. The van der Waals surface area contributed by atoms with Gasteiger partial charge in [0, 0.05) is 11.8 Å². The van der Waals surface area contributed by atoms with Crippen molar-refractivity contribution < 1.29 is 14.2 Å². The first-order chi connectivity index (χ1) is 8.22. The van der Waals surface area contributed by atoms with Gasteiger partial charge in [0.25, 0.3) is 0 Å². The van der Waals surface area contributed by atoms with E-state index < -0.39 is 0 Å². The average molecular weight is 236 g/mol. The van der Waals surface area contributed by atoms with Crippen LogP contribution < -0.4 is 15.4 Å². The van der Waals surface area contributed by atoms with Crippen LogP contribution in [0.3, 0.4) is 0 Å². The molecule has 2 fully saturated rings. The first kappa shape index (κ1) is 10.7. The summed E-state index contributed by atoms with van der Waals surface area (Å²) in [6, 6.07) is 5.78.